The Labute approximate surface area is 191 Å². The Hall–Kier alpha value is -2.19. The Balaban J connectivity index is 1.47. The first-order chi connectivity index (χ1) is 15.3. The highest BCUT2D eigenvalue weighted by atomic mass is 32.2. The lowest BCUT2D eigenvalue weighted by Gasteiger charge is -2.29. The summed E-state index contributed by atoms with van der Waals surface area (Å²) in [6, 6.07) is 7.79. The monoisotopic (exact) mass is 458 g/mol. The van der Waals surface area contributed by atoms with Crippen molar-refractivity contribution in [2.24, 2.45) is 5.92 Å². The predicted octanol–water partition coefficient (Wildman–Crippen LogP) is 3.64. The molecule has 1 amide bonds. The van der Waals surface area contributed by atoms with Crippen LogP contribution in [0.1, 0.15) is 72.8 Å². The van der Waals surface area contributed by atoms with E-state index in [0.717, 1.165) is 31.2 Å². The quantitative estimate of drug-likeness (QED) is 0.716. The van der Waals surface area contributed by atoms with E-state index in [9.17, 15) is 13.2 Å². The molecule has 174 valence electrons. The molecule has 0 bridgehead atoms. The fraction of sp³-hybridized carbons (Fsp3) is 0.583. The first kappa shape index (κ1) is 23.0. The summed E-state index contributed by atoms with van der Waals surface area (Å²) in [4.78, 5) is 12.8. The van der Waals surface area contributed by atoms with Gasteiger partial charge in [0.2, 0.25) is 10.0 Å². The third-order valence-corrected chi connectivity index (χ3v) is 9.05. The summed E-state index contributed by atoms with van der Waals surface area (Å²) in [7, 11) is -3.55. The number of nitrogens with zero attached hydrogens (tertiary/aromatic N) is 3. The molecular weight excluding hydrogens is 424 g/mol. The van der Waals surface area contributed by atoms with E-state index in [1.807, 2.05) is 31.2 Å². The summed E-state index contributed by atoms with van der Waals surface area (Å²) < 4.78 is 29.9. The van der Waals surface area contributed by atoms with Crippen LogP contribution in [0.25, 0.3) is 0 Å². The van der Waals surface area contributed by atoms with E-state index in [1.165, 1.54) is 12.8 Å². The van der Waals surface area contributed by atoms with E-state index in [0.29, 0.717) is 53.4 Å². The van der Waals surface area contributed by atoms with Gasteiger partial charge < -0.3 is 5.32 Å². The number of nitrogens with one attached hydrogen (secondary N) is 1. The lowest BCUT2D eigenvalue weighted by molar-refractivity contribution is 0.0938. The van der Waals surface area contributed by atoms with Crippen LogP contribution in [-0.4, -0.2) is 47.5 Å². The Morgan fingerprint density at radius 2 is 1.69 bits per heavy atom. The van der Waals surface area contributed by atoms with Crippen LogP contribution >= 0.6 is 0 Å². The van der Waals surface area contributed by atoms with Crippen LogP contribution in [0.5, 0.6) is 0 Å². The Morgan fingerprint density at radius 3 is 2.31 bits per heavy atom. The number of sulfonamides is 1. The average molecular weight is 459 g/mol. The minimum atomic E-state index is -3.55. The third-order valence-electron chi connectivity index (χ3n) is 6.89. The topological polar surface area (TPSA) is 84.3 Å². The number of hydrogen-bond acceptors (Lipinski definition) is 4. The number of aryl methyl sites for hydroxylation is 1. The number of aromatic nitrogens is 2. The van der Waals surface area contributed by atoms with Crippen LogP contribution in [0.4, 0.5) is 0 Å². The molecule has 1 saturated carbocycles. The molecule has 0 unspecified atom stereocenters. The molecule has 1 aromatic carbocycles. The molecule has 1 N–H and O–H groups in total. The van der Waals surface area contributed by atoms with Crippen molar-refractivity contribution in [3.8, 4) is 0 Å². The molecule has 32 heavy (non-hydrogen) atoms. The summed E-state index contributed by atoms with van der Waals surface area (Å²) in [5.74, 6) is 0.536. The van der Waals surface area contributed by atoms with E-state index in [-0.39, 0.29) is 5.91 Å². The van der Waals surface area contributed by atoms with Crippen LogP contribution < -0.4 is 5.32 Å². The number of rotatable bonds is 6. The van der Waals surface area contributed by atoms with Crippen LogP contribution in [0.2, 0.25) is 0 Å². The highest BCUT2D eigenvalue weighted by Gasteiger charge is 2.33. The van der Waals surface area contributed by atoms with Gasteiger partial charge in [-0.15, -0.1) is 0 Å². The number of benzene rings is 1. The number of carbonyl (C=O) groups is 1. The fourth-order valence-electron chi connectivity index (χ4n) is 4.84. The number of hydrogen-bond donors (Lipinski definition) is 1. The second-order valence-corrected chi connectivity index (χ2v) is 11.3. The van der Waals surface area contributed by atoms with E-state index in [4.69, 9.17) is 0 Å². The zero-order valence-electron chi connectivity index (χ0n) is 19.3. The third kappa shape index (κ3) is 4.76. The van der Waals surface area contributed by atoms with Gasteiger partial charge in [-0.05, 0) is 63.1 Å². The summed E-state index contributed by atoms with van der Waals surface area (Å²) in [6.45, 7) is 7.35. The maximum Gasteiger partial charge on any atom is 0.251 e. The molecule has 1 aliphatic heterocycles. The largest absolute Gasteiger partial charge is 0.349 e. The van der Waals surface area contributed by atoms with Crippen LogP contribution in [0, 0.1) is 19.8 Å². The number of piperidine rings is 1. The smallest absolute Gasteiger partial charge is 0.251 e. The molecule has 4 rings (SSSR count). The molecule has 1 saturated heterocycles. The molecule has 0 radical (unpaired) electrons. The Morgan fingerprint density at radius 1 is 1.06 bits per heavy atom. The fourth-order valence-corrected chi connectivity index (χ4v) is 6.68. The molecule has 2 heterocycles. The van der Waals surface area contributed by atoms with Gasteiger partial charge in [0.1, 0.15) is 4.90 Å². The molecule has 2 aliphatic rings. The van der Waals surface area contributed by atoms with E-state index in [2.05, 4.69) is 17.3 Å². The van der Waals surface area contributed by atoms with Crippen molar-refractivity contribution in [2.75, 3.05) is 13.1 Å². The van der Waals surface area contributed by atoms with Gasteiger partial charge in [-0.2, -0.15) is 9.40 Å². The van der Waals surface area contributed by atoms with Gasteiger partial charge in [-0.3, -0.25) is 9.48 Å². The SMILES string of the molecule is Cc1nn(Cc2ccc(C(=O)NC3CCCC3)cc2)c(C)c1S(=O)(=O)N1CCC(C)CC1. The van der Waals surface area contributed by atoms with Crippen molar-refractivity contribution in [3.63, 3.8) is 0 Å². The molecule has 0 spiro atoms. The summed E-state index contributed by atoms with van der Waals surface area (Å²) in [5, 5.41) is 7.65. The van der Waals surface area contributed by atoms with Gasteiger partial charge in [0, 0.05) is 24.7 Å². The van der Waals surface area contributed by atoms with E-state index in [1.54, 1.807) is 15.9 Å². The summed E-state index contributed by atoms with van der Waals surface area (Å²) >= 11 is 0. The van der Waals surface area contributed by atoms with Gasteiger partial charge in [0.15, 0.2) is 0 Å². The molecular formula is C24H34N4O3S. The average Bonchev–Trinajstić information content (AvgIpc) is 3.36. The minimum absolute atomic E-state index is 0.0289. The maximum absolute atomic E-state index is 13.3. The maximum atomic E-state index is 13.3. The van der Waals surface area contributed by atoms with Crippen molar-refractivity contribution >= 4 is 15.9 Å². The summed E-state index contributed by atoms with van der Waals surface area (Å²) in [5.41, 5.74) is 2.82. The van der Waals surface area contributed by atoms with Crippen LogP contribution in [0.3, 0.4) is 0 Å². The molecule has 0 atom stereocenters. The summed E-state index contributed by atoms with van der Waals surface area (Å²) in [6.07, 6.45) is 6.27. The van der Waals surface area contributed by atoms with Crippen molar-refractivity contribution in [1.29, 1.82) is 0 Å². The van der Waals surface area contributed by atoms with Gasteiger partial charge in [0.05, 0.1) is 17.9 Å². The molecule has 2 aromatic rings. The highest BCUT2D eigenvalue weighted by Crippen LogP contribution is 2.28. The van der Waals surface area contributed by atoms with Crippen molar-refractivity contribution in [3.05, 3.63) is 46.8 Å². The molecule has 8 heteroatoms. The lowest BCUT2D eigenvalue weighted by atomic mass is 10.0. The van der Waals surface area contributed by atoms with Gasteiger partial charge in [-0.1, -0.05) is 31.9 Å². The van der Waals surface area contributed by atoms with E-state index < -0.39 is 10.0 Å². The first-order valence-corrected chi connectivity index (χ1v) is 13.1. The molecule has 2 fully saturated rings. The van der Waals surface area contributed by atoms with Crippen molar-refractivity contribution in [2.45, 2.75) is 76.8 Å². The lowest BCUT2D eigenvalue weighted by Crippen LogP contribution is -2.38. The Kier molecular flexibility index (Phi) is 6.72. The van der Waals surface area contributed by atoms with Crippen molar-refractivity contribution in [1.82, 2.24) is 19.4 Å². The van der Waals surface area contributed by atoms with Gasteiger partial charge in [0.25, 0.3) is 5.91 Å². The zero-order valence-corrected chi connectivity index (χ0v) is 20.1. The molecule has 1 aliphatic carbocycles. The van der Waals surface area contributed by atoms with Crippen LogP contribution in [0.15, 0.2) is 29.2 Å². The van der Waals surface area contributed by atoms with Crippen molar-refractivity contribution < 1.29 is 13.2 Å². The standard InChI is InChI=1S/C24H34N4O3S/c1-17-12-14-27(15-13-17)32(30,31)23-18(2)26-28(19(23)3)16-20-8-10-21(11-9-20)24(29)25-22-6-4-5-7-22/h8-11,17,22H,4-7,12-16H2,1-3H3,(H,25,29). The van der Waals surface area contributed by atoms with Gasteiger partial charge in [-0.25, -0.2) is 8.42 Å². The normalized spacial score (nSPS) is 18.8. The highest BCUT2D eigenvalue weighted by molar-refractivity contribution is 7.89. The predicted molar refractivity (Wildman–Crippen MR) is 124 cm³/mol. The first-order valence-electron chi connectivity index (χ1n) is 11.7. The number of amides is 1. The minimum Gasteiger partial charge on any atom is -0.349 e. The zero-order chi connectivity index (χ0) is 22.9. The van der Waals surface area contributed by atoms with Gasteiger partial charge >= 0.3 is 0 Å². The van der Waals surface area contributed by atoms with E-state index >= 15 is 0 Å². The second kappa shape index (κ2) is 9.35. The molecule has 1 aromatic heterocycles. The number of carbonyl (C=O) groups excluding carboxylic acids is 1. The Bertz CT molecular complexity index is 1060. The second-order valence-electron chi connectivity index (χ2n) is 9.40. The van der Waals surface area contributed by atoms with Crippen LogP contribution in [-0.2, 0) is 16.6 Å². The molecule has 7 nitrogen and oxygen atoms in total.